The average molecular weight is 417 g/mol. The van der Waals surface area contributed by atoms with Crippen LogP contribution in [0.5, 0.6) is 5.75 Å². The Balaban J connectivity index is 1.68. The van der Waals surface area contributed by atoms with Crippen molar-refractivity contribution in [2.75, 3.05) is 12.4 Å². The fraction of sp³-hybridized carbons (Fsp3) is 0.160. The largest absolute Gasteiger partial charge is 0.497 e. The van der Waals surface area contributed by atoms with Crippen molar-refractivity contribution in [1.82, 2.24) is 0 Å². The number of anilines is 1. The van der Waals surface area contributed by atoms with Gasteiger partial charge in [-0.15, -0.1) is 0 Å². The van der Waals surface area contributed by atoms with Crippen molar-refractivity contribution < 1.29 is 23.9 Å². The molecule has 1 amide bonds. The quantitative estimate of drug-likeness (QED) is 0.407. The number of carbonyl (C=O) groups is 3. The first kappa shape index (κ1) is 21.8. The van der Waals surface area contributed by atoms with Gasteiger partial charge in [0.1, 0.15) is 5.75 Å². The summed E-state index contributed by atoms with van der Waals surface area (Å²) in [5.74, 6) is -0.693. The van der Waals surface area contributed by atoms with Crippen molar-refractivity contribution >= 4 is 23.3 Å². The number of amides is 1. The molecule has 0 unspecified atom stereocenters. The minimum absolute atomic E-state index is 0.00184. The molecule has 3 aromatic carbocycles. The number of esters is 1. The number of Topliss-reactive ketones (excluding diaryl/α,β-unsaturated/α-hetero) is 1. The van der Waals surface area contributed by atoms with Gasteiger partial charge in [0, 0.05) is 29.3 Å². The zero-order valence-electron chi connectivity index (χ0n) is 17.1. The number of hydrogen-bond acceptors (Lipinski definition) is 5. The molecule has 0 aromatic heterocycles. The minimum Gasteiger partial charge on any atom is -0.497 e. The second-order valence-corrected chi connectivity index (χ2v) is 6.79. The summed E-state index contributed by atoms with van der Waals surface area (Å²) in [5, 5.41) is 2.75. The predicted molar refractivity (Wildman–Crippen MR) is 117 cm³/mol. The maximum absolute atomic E-state index is 12.9. The molecule has 0 fully saturated rings. The average Bonchev–Trinajstić information content (AvgIpc) is 2.82. The fourth-order valence-electron chi connectivity index (χ4n) is 2.98. The van der Waals surface area contributed by atoms with Gasteiger partial charge in [0.2, 0.25) is 6.10 Å². The monoisotopic (exact) mass is 417 g/mol. The molecule has 0 aliphatic rings. The van der Waals surface area contributed by atoms with E-state index in [1.54, 1.807) is 78.9 Å². The van der Waals surface area contributed by atoms with E-state index in [0.29, 0.717) is 22.6 Å². The molecule has 0 saturated carbocycles. The number of ether oxygens (including phenoxy) is 2. The highest BCUT2D eigenvalue weighted by Crippen LogP contribution is 2.23. The normalized spacial score (nSPS) is 11.3. The molecule has 3 rings (SSSR count). The number of benzene rings is 3. The van der Waals surface area contributed by atoms with Crippen LogP contribution in [0.3, 0.4) is 0 Å². The van der Waals surface area contributed by atoms with Gasteiger partial charge < -0.3 is 14.8 Å². The molecule has 3 aromatic rings. The summed E-state index contributed by atoms with van der Waals surface area (Å²) in [5.41, 5.74) is 1.58. The van der Waals surface area contributed by atoms with Crippen LogP contribution in [0.25, 0.3) is 0 Å². The van der Waals surface area contributed by atoms with Crippen molar-refractivity contribution in [1.29, 1.82) is 0 Å². The summed E-state index contributed by atoms with van der Waals surface area (Å²) in [7, 11) is 1.53. The standard InChI is InChI=1S/C25H23NO5/c1-30-21-14-8-13-20(17-21)26-25(29)24(19-11-6-3-7-12-19)31-23(28)16-15-22(27)18-9-4-2-5-10-18/h2-14,17,24H,15-16H2,1H3,(H,26,29)/t24-/m0/s1. The van der Waals surface area contributed by atoms with E-state index < -0.39 is 18.0 Å². The highest BCUT2D eigenvalue weighted by atomic mass is 16.5. The van der Waals surface area contributed by atoms with E-state index >= 15 is 0 Å². The van der Waals surface area contributed by atoms with Gasteiger partial charge in [0.05, 0.1) is 13.5 Å². The molecule has 6 nitrogen and oxygen atoms in total. The molecule has 0 spiro atoms. The Morgan fingerprint density at radius 3 is 2.19 bits per heavy atom. The number of methoxy groups -OCH3 is 1. The Hall–Kier alpha value is -3.93. The summed E-state index contributed by atoms with van der Waals surface area (Å²) in [6.07, 6.45) is -1.27. The molecule has 0 aliphatic carbocycles. The van der Waals surface area contributed by atoms with E-state index in [1.165, 1.54) is 7.11 Å². The van der Waals surface area contributed by atoms with Crippen molar-refractivity contribution in [3.05, 3.63) is 96.1 Å². The summed E-state index contributed by atoms with van der Waals surface area (Å²) >= 11 is 0. The predicted octanol–water partition coefficient (Wildman–Crippen LogP) is 4.58. The lowest BCUT2D eigenvalue weighted by Crippen LogP contribution is -2.26. The molecular weight excluding hydrogens is 394 g/mol. The van der Waals surface area contributed by atoms with Crippen LogP contribution in [0.1, 0.15) is 34.9 Å². The fourth-order valence-corrected chi connectivity index (χ4v) is 2.98. The van der Waals surface area contributed by atoms with Crippen molar-refractivity contribution in [3.8, 4) is 5.75 Å². The minimum atomic E-state index is -1.15. The van der Waals surface area contributed by atoms with Crippen LogP contribution in [0.4, 0.5) is 5.69 Å². The third-order valence-electron chi connectivity index (χ3n) is 4.58. The Bertz CT molecular complexity index is 1030. The Labute approximate surface area is 180 Å². The van der Waals surface area contributed by atoms with Gasteiger partial charge >= 0.3 is 5.97 Å². The van der Waals surface area contributed by atoms with Crippen LogP contribution < -0.4 is 10.1 Å². The van der Waals surface area contributed by atoms with E-state index in [9.17, 15) is 14.4 Å². The summed E-state index contributed by atoms with van der Waals surface area (Å²) in [6, 6.07) is 24.4. The second kappa shape index (κ2) is 10.7. The summed E-state index contributed by atoms with van der Waals surface area (Å²) in [4.78, 5) is 37.6. The SMILES string of the molecule is COc1cccc(NC(=O)[C@@H](OC(=O)CCC(=O)c2ccccc2)c2ccccc2)c1. The molecule has 0 radical (unpaired) electrons. The second-order valence-electron chi connectivity index (χ2n) is 6.79. The van der Waals surface area contributed by atoms with Gasteiger partial charge in [0.15, 0.2) is 5.78 Å². The number of carbonyl (C=O) groups excluding carboxylic acids is 3. The van der Waals surface area contributed by atoms with Crippen molar-refractivity contribution in [2.24, 2.45) is 0 Å². The van der Waals surface area contributed by atoms with Crippen LogP contribution in [0.15, 0.2) is 84.9 Å². The molecular formula is C25H23NO5. The zero-order valence-corrected chi connectivity index (χ0v) is 17.1. The number of ketones is 1. The van der Waals surface area contributed by atoms with Crippen LogP contribution in [0, 0.1) is 0 Å². The van der Waals surface area contributed by atoms with Gasteiger partial charge in [-0.2, -0.15) is 0 Å². The highest BCUT2D eigenvalue weighted by molar-refractivity contribution is 5.98. The Kier molecular flexibility index (Phi) is 7.54. The van der Waals surface area contributed by atoms with Gasteiger partial charge in [-0.05, 0) is 12.1 Å². The van der Waals surface area contributed by atoms with Crippen molar-refractivity contribution in [2.45, 2.75) is 18.9 Å². The third kappa shape index (κ3) is 6.27. The van der Waals surface area contributed by atoms with Gasteiger partial charge in [-0.1, -0.05) is 66.7 Å². The lowest BCUT2D eigenvalue weighted by Gasteiger charge is -2.18. The van der Waals surface area contributed by atoms with E-state index in [-0.39, 0.29) is 18.6 Å². The molecule has 0 saturated heterocycles. The summed E-state index contributed by atoms with van der Waals surface area (Å²) < 4.78 is 10.6. The van der Waals surface area contributed by atoms with E-state index in [2.05, 4.69) is 5.32 Å². The zero-order chi connectivity index (χ0) is 22.1. The lowest BCUT2D eigenvalue weighted by molar-refractivity contribution is -0.154. The molecule has 1 atom stereocenters. The molecule has 31 heavy (non-hydrogen) atoms. The number of rotatable bonds is 9. The first-order valence-electron chi connectivity index (χ1n) is 9.84. The summed E-state index contributed by atoms with van der Waals surface area (Å²) in [6.45, 7) is 0. The molecule has 6 heteroatoms. The topological polar surface area (TPSA) is 81.7 Å². The first-order chi connectivity index (χ1) is 15.1. The molecule has 1 N–H and O–H groups in total. The molecule has 0 heterocycles. The van der Waals surface area contributed by atoms with Crippen LogP contribution in [0.2, 0.25) is 0 Å². The Morgan fingerprint density at radius 2 is 1.52 bits per heavy atom. The maximum Gasteiger partial charge on any atom is 0.307 e. The van der Waals surface area contributed by atoms with E-state index in [4.69, 9.17) is 9.47 Å². The number of hydrogen-bond donors (Lipinski definition) is 1. The van der Waals surface area contributed by atoms with E-state index in [1.807, 2.05) is 6.07 Å². The van der Waals surface area contributed by atoms with Crippen LogP contribution >= 0.6 is 0 Å². The maximum atomic E-state index is 12.9. The lowest BCUT2D eigenvalue weighted by atomic mass is 10.1. The van der Waals surface area contributed by atoms with Crippen LogP contribution in [-0.4, -0.2) is 24.8 Å². The smallest absolute Gasteiger partial charge is 0.307 e. The van der Waals surface area contributed by atoms with Gasteiger partial charge in [-0.25, -0.2) is 0 Å². The van der Waals surface area contributed by atoms with Crippen LogP contribution in [-0.2, 0) is 14.3 Å². The number of nitrogens with one attached hydrogen (secondary N) is 1. The first-order valence-corrected chi connectivity index (χ1v) is 9.84. The van der Waals surface area contributed by atoms with Crippen molar-refractivity contribution in [3.63, 3.8) is 0 Å². The van der Waals surface area contributed by atoms with E-state index in [0.717, 1.165) is 0 Å². The Morgan fingerprint density at radius 1 is 0.839 bits per heavy atom. The molecule has 158 valence electrons. The molecule has 0 aliphatic heterocycles. The highest BCUT2D eigenvalue weighted by Gasteiger charge is 2.25. The van der Waals surface area contributed by atoms with Gasteiger partial charge in [-0.3, -0.25) is 14.4 Å². The molecule has 0 bridgehead atoms. The van der Waals surface area contributed by atoms with Gasteiger partial charge in [0.25, 0.3) is 5.91 Å². The third-order valence-corrected chi connectivity index (χ3v) is 4.58.